The first-order valence-electron chi connectivity index (χ1n) is 7.34. The molecule has 0 aliphatic heterocycles. The average molecular weight is 352 g/mol. The van der Waals surface area contributed by atoms with Crippen molar-refractivity contribution in [1.29, 1.82) is 0 Å². The maximum Gasteiger partial charge on any atom is 0.341 e. The largest absolute Gasteiger partial charge is 0.465 e. The minimum atomic E-state index is -0.435. The summed E-state index contributed by atoms with van der Waals surface area (Å²) in [4.78, 5) is 30.5. The molecule has 2 rings (SSSR count). The highest BCUT2D eigenvalue weighted by Crippen LogP contribution is 2.33. The molecule has 1 N–H and O–H groups in total. The number of thiophene rings is 1. The molecular weight excluding hydrogens is 332 g/mol. The Morgan fingerprint density at radius 3 is 2.52 bits per heavy atom. The van der Waals surface area contributed by atoms with E-state index in [0.29, 0.717) is 15.4 Å². The van der Waals surface area contributed by atoms with E-state index in [4.69, 9.17) is 4.74 Å². The highest BCUT2D eigenvalue weighted by atomic mass is 32.1. The van der Waals surface area contributed by atoms with Crippen molar-refractivity contribution >= 4 is 39.6 Å². The number of hydrogen-bond donors (Lipinski definition) is 1. The zero-order chi connectivity index (χ0) is 17.1. The second-order valence-corrected chi connectivity index (χ2v) is 7.51. The van der Waals surface area contributed by atoms with Gasteiger partial charge in [0.2, 0.25) is 0 Å². The smallest absolute Gasteiger partial charge is 0.341 e. The van der Waals surface area contributed by atoms with Gasteiger partial charge in [0, 0.05) is 4.88 Å². The number of methoxy groups -OCH3 is 1. The number of amides is 1. The molecule has 0 aliphatic carbocycles. The van der Waals surface area contributed by atoms with Crippen LogP contribution in [0.2, 0.25) is 0 Å². The van der Waals surface area contributed by atoms with Gasteiger partial charge in [0.1, 0.15) is 9.88 Å². The maximum absolute atomic E-state index is 12.6. The molecule has 1 amide bonds. The highest BCUT2D eigenvalue weighted by Gasteiger charge is 2.23. The van der Waals surface area contributed by atoms with Gasteiger partial charge in [0.05, 0.1) is 23.4 Å². The molecule has 124 valence electrons. The lowest BCUT2D eigenvalue weighted by Gasteiger charge is -2.05. The van der Waals surface area contributed by atoms with Gasteiger partial charge in [-0.2, -0.15) is 0 Å². The van der Waals surface area contributed by atoms with Gasteiger partial charge in [-0.05, 0) is 39.2 Å². The van der Waals surface area contributed by atoms with Gasteiger partial charge in [0.25, 0.3) is 5.91 Å². The molecule has 23 heavy (non-hydrogen) atoms. The van der Waals surface area contributed by atoms with Gasteiger partial charge in [-0.25, -0.2) is 9.78 Å². The molecule has 7 heteroatoms. The minimum Gasteiger partial charge on any atom is -0.465 e. The fourth-order valence-corrected chi connectivity index (χ4v) is 4.31. The van der Waals surface area contributed by atoms with E-state index in [1.807, 2.05) is 20.8 Å². The number of nitrogens with zero attached hydrogens (tertiary/aromatic N) is 1. The third-order valence-corrected chi connectivity index (χ3v) is 5.85. The highest BCUT2D eigenvalue weighted by molar-refractivity contribution is 7.17. The fraction of sp³-hybridized carbons (Fsp3) is 0.438. The summed E-state index contributed by atoms with van der Waals surface area (Å²) in [6.45, 7) is 7.68. The van der Waals surface area contributed by atoms with Crippen LogP contribution in [0.5, 0.6) is 0 Å². The van der Waals surface area contributed by atoms with E-state index in [0.717, 1.165) is 34.0 Å². The molecule has 2 aromatic heterocycles. The summed E-state index contributed by atoms with van der Waals surface area (Å²) < 4.78 is 4.82. The molecule has 2 aromatic rings. The number of anilines is 1. The minimum absolute atomic E-state index is 0.228. The first-order chi connectivity index (χ1) is 10.9. The Kier molecular flexibility index (Phi) is 5.54. The number of hydrogen-bond acceptors (Lipinski definition) is 6. The Balaban J connectivity index is 2.30. The first kappa shape index (κ1) is 17.6. The number of aryl methyl sites for hydroxylation is 3. The first-order valence-corrected chi connectivity index (χ1v) is 8.98. The van der Waals surface area contributed by atoms with Crippen LogP contribution in [0.25, 0.3) is 0 Å². The summed E-state index contributed by atoms with van der Waals surface area (Å²) in [6.07, 6.45) is 1.85. The molecule has 0 fully saturated rings. The molecule has 0 radical (unpaired) electrons. The zero-order valence-electron chi connectivity index (χ0n) is 13.9. The number of esters is 1. The van der Waals surface area contributed by atoms with E-state index in [1.165, 1.54) is 29.8 Å². The predicted octanol–water partition coefficient (Wildman–Crippen LogP) is 4.12. The molecule has 0 saturated carbocycles. The van der Waals surface area contributed by atoms with Crippen LogP contribution in [-0.4, -0.2) is 24.0 Å². The van der Waals surface area contributed by atoms with Crippen molar-refractivity contribution in [3.8, 4) is 0 Å². The fourth-order valence-electron chi connectivity index (χ4n) is 2.21. The Morgan fingerprint density at radius 2 is 1.91 bits per heavy atom. The van der Waals surface area contributed by atoms with Gasteiger partial charge < -0.3 is 10.1 Å². The molecule has 0 spiro atoms. The van der Waals surface area contributed by atoms with Gasteiger partial charge >= 0.3 is 5.97 Å². The third-order valence-electron chi connectivity index (χ3n) is 3.51. The molecule has 0 aliphatic rings. The molecule has 0 aromatic carbocycles. The number of aromatic nitrogens is 1. The van der Waals surface area contributed by atoms with Crippen molar-refractivity contribution in [2.45, 2.75) is 40.5 Å². The molecule has 0 atom stereocenters. The van der Waals surface area contributed by atoms with E-state index in [9.17, 15) is 9.59 Å². The summed E-state index contributed by atoms with van der Waals surface area (Å²) in [7, 11) is 1.34. The Morgan fingerprint density at radius 1 is 1.22 bits per heavy atom. The van der Waals surface area contributed by atoms with Crippen LogP contribution >= 0.6 is 22.7 Å². The van der Waals surface area contributed by atoms with Crippen LogP contribution in [0.4, 0.5) is 5.00 Å². The Bertz CT molecular complexity index is 747. The van der Waals surface area contributed by atoms with Crippen molar-refractivity contribution in [3.63, 3.8) is 0 Å². The zero-order valence-corrected chi connectivity index (χ0v) is 15.5. The lowest BCUT2D eigenvalue weighted by Crippen LogP contribution is -2.14. The average Bonchev–Trinajstić information content (AvgIpc) is 2.99. The molecule has 5 nitrogen and oxygen atoms in total. The molecule has 2 heterocycles. The molecule has 0 unspecified atom stereocenters. The van der Waals surface area contributed by atoms with E-state index >= 15 is 0 Å². The topological polar surface area (TPSA) is 68.3 Å². The van der Waals surface area contributed by atoms with E-state index < -0.39 is 5.97 Å². The Hall–Kier alpha value is -1.73. The number of thiazole rings is 1. The van der Waals surface area contributed by atoms with Crippen molar-refractivity contribution in [2.75, 3.05) is 12.4 Å². The lowest BCUT2D eigenvalue weighted by atomic mass is 10.1. The number of ether oxygens (including phenoxy) is 1. The second-order valence-electron chi connectivity index (χ2n) is 5.21. The van der Waals surface area contributed by atoms with Gasteiger partial charge in [-0.1, -0.05) is 6.92 Å². The Labute approximate surface area is 143 Å². The van der Waals surface area contributed by atoms with Crippen molar-refractivity contribution in [1.82, 2.24) is 4.98 Å². The maximum atomic E-state index is 12.6. The van der Waals surface area contributed by atoms with Crippen molar-refractivity contribution in [3.05, 3.63) is 31.6 Å². The van der Waals surface area contributed by atoms with Crippen LogP contribution in [0.1, 0.15) is 54.5 Å². The molecule has 0 bridgehead atoms. The SMILES string of the molecule is CCCc1nc(C)c(C(=O)Nc2sc(C)c(C)c2C(=O)OC)s1. The quantitative estimate of drug-likeness (QED) is 0.822. The van der Waals surface area contributed by atoms with Crippen LogP contribution in [0.15, 0.2) is 0 Å². The second kappa shape index (κ2) is 7.23. The standard InChI is InChI=1S/C16H20N2O3S2/c1-6-7-11-17-9(3)13(23-11)14(19)18-15-12(16(20)21-5)8(2)10(4)22-15/h6-7H2,1-5H3,(H,18,19). The monoisotopic (exact) mass is 352 g/mol. The number of carbonyl (C=O) groups excluding carboxylic acids is 2. The summed E-state index contributed by atoms with van der Waals surface area (Å²) in [5, 5.41) is 4.34. The number of nitrogens with one attached hydrogen (secondary N) is 1. The predicted molar refractivity (Wildman–Crippen MR) is 93.9 cm³/mol. The van der Waals surface area contributed by atoms with E-state index in [1.54, 1.807) is 0 Å². The van der Waals surface area contributed by atoms with Crippen LogP contribution in [-0.2, 0) is 11.2 Å². The number of carbonyl (C=O) groups is 2. The van der Waals surface area contributed by atoms with Crippen LogP contribution in [0.3, 0.4) is 0 Å². The van der Waals surface area contributed by atoms with Gasteiger partial charge in [-0.15, -0.1) is 22.7 Å². The van der Waals surface area contributed by atoms with E-state index in [-0.39, 0.29) is 5.91 Å². The number of rotatable bonds is 5. The van der Waals surface area contributed by atoms with E-state index in [2.05, 4.69) is 17.2 Å². The summed E-state index contributed by atoms with van der Waals surface area (Å²) >= 11 is 2.79. The van der Waals surface area contributed by atoms with Crippen LogP contribution in [0, 0.1) is 20.8 Å². The van der Waals surface area contributed by atoms with Gasteiger partial charge in [0.15, 0.2) is 0 Å². The summed E-state index contributed by atoms with van der Waals surface area (Å²) in [5.41, 5.74) is 1.99. The lowest BCUT2D eigenvalue weighted by molar-refractivity contribution is 0.0601. The normalized spacial score (nSPS) is 10.7. The summed E-state index contributed by atoms with van der Waals surface area (Å²) in [5.74, 6) is -0.663. The molecular formula is C16H20N2O3S2. The van der Waals surface area contributed by atoms with Crippen molar-refractivity contribution in [2.24, 2.45) is 0 Å². The third kappa shape index (κ3) is 3.61. The summed E-state index contributed by atoms with van der Waals surface area (Å²) in [6, 6.07) is 0. The molecule has 0 saturated heterocycles. The van der Waals surface area contributed by atoms with Gasteiger partial charge in [-0.3, -0.25) is 4.79 Å². The van der Waals surface area contributed by atoms with Crippen LogP contribution < -0.4 is 5.32 Å². The van der Waals surface area contributed by atoms with Crippen molar-refractivity contribution < 1.29 is 14.3 Å².